The summed E-state index contributed by atoms with van der Waals surface area (Å²) in [5.74, 6) is 2.46. The van der Waals surface area contributed by atoms with Gasteiger partial charge in [-0.05, 0) is 37.3 Å². The van der Waals surface area contributed by atoms with E-state index in [1.54, 1.807) is 0 Å². The normalized spacial score (nSPS) is 13.2. The zero-order valence-corrected chi connectivity index (χ0v) is 15.8. The molecule has 134 valence electrons. The van der Waals surface area contributed by atoms with Gasteiger partial charge in [-0.1, -0.05) is 91.4 Å². The molecule has 0 spiro atoms. The van der Waals surface area contributed by atoms with Crippen molar-refractivity contribution in [2.75, 3.05) is 13.1 Å². The van der Waals surface area contributed by atoms with Gasteiger partial charge < -0.3 is 11.5 Å². The molecule has 22 heavy (non-hydrogen) atoms. The van der Waals surface area contributed by atoms with Crippen molar-refractivity contribution in [1.29, 1.82) is 0 Å². The molecule has 0 amide bonds. The molecular weight excluding hydrogens is 268 g/mol. The van der Waals surface area contributed by atoms with Gasteiger partial charge in [0.25, 0.3) is 0 Å². The van der Waals surface area contributed by atoms with Gasteiger partial charge in [0.1, 0.15) is 0 Å². The molecule has 0 saturated heterocycles. The molecule has 0 fully saturated rings. The lowest BCUT2D eigenvalue weighted by Crippen LogP contribution is -2.23. The number of rotatable bonds is 16. The van der Waals surface area contributed by atoms with Crippen molar-refractivity contribution in [1.82, 2.24) is 0 Å². The lowest BCUT2D eigenvalue weighted by molar-refractivity contribution is 0.334. The van der Waals surface area contributed by atoms with Crippen LogP contribution in [0.25, 0.3) is 0 Å². The molecule has 2 nitrogen and oxygen atoms in total. The molecule has 0 rings (SSSR count). The second-order valence-corrected chi connectivity index (χ2v) is 7.30. The molecule has 1 unspecified atom stereocenters. The molecule has 0 aliphatic carbocycles. The summed E-state index contributed by atoms with van der Waals surface area (Å²) in [6.45, 7) is 8.49. The summed E-state index contributed by atoms with van der Waals surface area (Å²) in [6, 6.07) is 0. The van der Waals surface area contributed by atoms with Gasteiger partial charge in [0, 0.05) is 0 Å². The lowest BCUT2D eigenvalue weighted by atomic mass is 9.86. The minimum absolute atomic E-state index is 0.542. The molecule has 4 N–H and O–H groups in total. The summed E-state index contributed by atoms with van der Waals surface area (Å²) in [5, 5.41) is 0. The van der Waals surface area contributed by atoms with E-state index in [-0.39, 0.29) is 0 Å². The molecule has 0 bridgehead atoms. The van der Waals surface area contributed by atoms with E-state index < -0.39 is 0 Å². The predicted octanol–water partition coefficient (Wildman–Crippen LogP) is 5.49. The first-order valence-electron chi connectivity index (χ1n) is 10.1. The molecule has 0 aliphatic rings. The number of nitrogens with two attached hydrogens (primary N) is 2. The average Bonchev–Trinajstić information content (AvgIpc) is 2.52. The van der Waals surface area contributed by atoms with Crippen molar-refractivity contribution in [2.45, 2.75) is 97.8 Å². The van der Waals surface area contributed by atoms with E-state index in [4.69, 9.17) is 11.5 Å². The van der Waals surface area contributed by atoms with Gasteiger partial charge in [0.2, 0.25) is 0 Å². The van der Waals surface area contributed by atoms with Crippen molar-refractivity contribution < 1.29 is 0 Å². The van der Waals surface area contributed by atoms with E-state index in [1.807, 2.05) is 0 Å². The van der Waals surface area contributed by atoms with Crippen LogP contribution >= 0.6 is 0 Å². The highest BCUT2D eigenvalue weighted by molar-refractivity contribution is 4.66. The van der Waals surface area contributed by atoms with Crippen molar-refractivity contribution in [2.24, 2.45) is 29.2 Å². The summed E-state index contributed by atoms with van der Waals surface area (Å²) in [4.78, 5) is 0. The topological polar surface area (TPSA) is 52.0 Å². The summed E-state index contributed by atoms with van der Waals surface area (Å²) in [5.41, 5.74) is 11.5. The zero-order valence-electron chi connectivity index (χ0n) is 15.8. The Morgan fingerprint density at radius 1 is 0.500 bits per heavy atom. The fourth-order valence-electron chi connectivity index (χ4n) is 3.81. The monoisotopic (exact) mass is 312 g/mol. The van der Waals surface area contributed by atoms with Crippen LogP contribution < -0.4 is 11.5 Å². The summed E-state index contributed by atoms with van der Waals surface area (Å²) < 4.78 is 0. The molecule has 0 aromatic rings. The van der Waals surface area contributed by atoms with Crippen molar-refractivity contribution >= 4 is 0 Å². The van der Waals surface area contributed by atoms with E-state index in [9.17, 15) is 0 Å². The maximum absolute atomic E-state index is 5.75. The fraction of sp³-hybridized carbons (Fsp3) is 1.00. The molecule has 0 saturated carbocycles. The molecule has 0 radical (unpaired) electrons. The van der Waals surface area contributed by atoms with Crippen LogP contribution in [0.2, 0.25) is 0 Å². The molecule has 0 aromatic carbocycles. The maximum atomic E-state index is 5.75. The van der Waals surface area contributed by atoms with Crippen LogP contribution in [0.3, 0.4) is 0 Å². The summed E-state index contributed by atoms with van der Waals surface area (Å²) in [6.07, 6.45) is 16.6. The molecule has 0 aliphatic heterocycles. The Labute approximate surface area is 140 Å². The van der Waals surface area contributed by atoms with E-state index in [1.165, 1.54) is 77.0 Å². The largest absolute Gasteiger partial charge is 0.330 e. The van der Waals surface area contributed by atoms with Crippen LogP contribution in [0.4, 0.5) is 0 Å². The summed E-state index contributed by atoms with van der Waals surface area (Å²) in [7, 11) is 0. The average molecular weight is 313 g/mol. The molecule has 1 atom stereocenters. The third kappa shape index (κ3) is 11.5. The molecule has 2 heteroatoms. The SMILES string of the molecule is CCCC(CCC)CCCC(CCC)CCCC(CN)CN. The minimum Gasteiger partial charge on any atom is -0.330 e. The quantitative estimate of drug-likeness (QED) is 0.396. The first-order valence-corrected chi connectivity index (χ1v) is 10.1. The number of hydrogen-bond donors (Lipinski definition) is 2. The van der Waals surface area contributed by atoms with E-state index in [0.29, 0.717) is 5.92 Å². The van der Waals surface area contributed by atoms with Crippen LogP contribution in [-0.4, -0.2) is 13.1 Å². The first kappa shape index (κ1) is 21.9. The highest BCUT2D eigenvalue weighted by Crippen LogP contribution is 2.26. The predicted molar refractivity (Wildman–Crippen MR) is 101 cm³/mol. The Morgan fingerprint density at radius 3 is 1.14 bits per heavy atom. The number of hydrogen-bond acceptors (Lipinski definition) is 2. The third-order valence-electron chi connectivity index (χ3n) is 5.21. The van der Waals surface area contributed by atoms with Gasteiger partial charge in [-0.3, -0.25) is 0 Å². The van der Waals surface area contributed by atoms with Crippen LogP contribution in [0.5, 0.6) is 0 Å². The van der Waals surface area contributed by atoms with Crippen molar-refractivity contribution in [3.63, 3.8) is 0 Å². The second kappa shape index (κ2) is 15.8. The maximum Gasteiger partial charge on any atom is -0.00368 e. The van der Waals surface area contributed by atoms with Gasteiger partial charge in [-0.15, -0.1) is 0 Å². The highest BCUT2D eigenvalue weighted by Gasteiger charge is 2.12. The fourth-order valence-corrected chi connectivity index (χ4v) is 3.81. The van der Waals surface area contributed by atoms with Crippen LogP contribution in [0.1, 0.15) is 97.8 Å². The first-order chi connectivity index (χ1) is 10.7. The Balaban J connectivity index is 3.96. The lowest BCUT2D eigenvalue weighted by Gasteiger charge is -2.20. The highest BCUT2D eigenvalue weighted by atomic mass is 14.6. The molecule has 0 aromatic heterocycles. The van der Waals surface area contributed by atoms with Gasteiger partial charge >= 0.3 is 0 Å². The van der Waals surface area contributed by atoms with Gasteiger partial charge in [0.15, 0.2) is 0 Å². The Morgan fingerprint density at radius 2 is 0.818 bits per heavy atom. The van der Waals surface area contributed by atoms with Crippen LogP contribution in [0.15, 0.2) is 0 Å². The van der Waals surface area contributed by atoms with Crippen LogP contribution in [-0.2, 0) is 0 Å². The zero-order chi connectivity index (χ0) is 16.6. The van der Waals surface area contributed by atoms with Gasteiger partial charge in [-0.25, -0.2) is 0 Å². The Hall–Kier alpha value is -0.0800. The molecule has 0 heterocycles. The van der Waals surface area contributed by atoms with Gasteiger partial charge in [0.05, 0.1) is 0 Å². The Kier molecular flexibility index (Phi) is 15.7. The third-order valence-corrected chi connectivity index (χ3v) is 5.21. The van der Waals surface area contributed by atoms with E-state index >= 15 is 0 Å². The van der Waals surface area contributed by atoms with Gasteiger partial charge in [-0.2, -0.15) is 0 Å². The summed E-state index contributed by atoms with van der Waals surface area (Å²) >= 11 is 0. The van der Waals surface area contributed by atoms with E-state index in [2.05, 4.69) is 20.8 Å². The standard InChI is InChI=1S/C20H44N2/c1-4-9-18(10-5-2)12-7-13-19(11-6-3)14-8-15-20(16-21)17-22/h18-20H,4-17,21-22H2,1-3H3. The Bertz CT molecular complexity index is 208. The van der Waals surface area contributed by atoms with Crippen molar-refractivity contribution in [3.8, 4) is 0 Å². The molecular formula is C20H44N2. The second-order valence-electron chi connectivity index (χ2n) is 7.30. The minimum atomic E-state index is 0.542. The van der Waals surface area contributed by atoms with Crippen LogP contribution in [0, 0.1) is 17.8 Å². The van der Waals surface area contributed by atoms with E-state index in [0.717, 1.165) is 24.9 Å². The smallest absolute Gasteiger partial charge is 0.00368 e. The van der Waals surface area contributed by atoms with Crippen molar-refractivity contribution in [3.05, 3.63) is 0 Å².